The van der Waals surface area contributed by atoms with E-state index in [0.29, 0.717) is 16.6 Å². The minimum Gasteiger partial charge on any atom is -0.298 e. The normalized spacial score (nSPS) is 44.3. The zero-order valence-corrected chi connectivity index (χ0v) is 9.18. The molecule has 1 saturated heterocycles. The van der Waals surface area contributed by atoms with Crippen molar-refractivity contribution >= 4 is 5.78 Å². The Morgan fingerprint density at radius 1 is 1.36 bits per heavy atom. The van der Waals surface area contributed by atoms with Crippen LogP contribution in [0.3, 0.4) is 0 Å². The number of fused-ring (bicyclic) bond motifs is 1. The molecule has 0 N–H and O–H groups in total. The molecule has 14 heavy (non-hydrogen) atoms. The van der Waals surface area contributed by atoms with Crippen molar-refractivity contribution in [2.45, 2.75) is 45.1 Å². The monoisotopic (exact) mass is 193 g/mol. The van der Waals surface area contributed by atoms with Crippen LogP contribution in [0, 0.1) is 10.8 Å². The SMILES string of the molecule is CC(=O)C1CC2(CN1C)CC21CCC1. The first-order valence-corrected chi connectivity index (χ1v) is 5.79. The quantitative estimate of drug-likeness (QED) is 0.633. The van der Waals surface area contributed by atoms with Gasteiger partial charge in [0, 0.05) is 6.54 Å². The molecule has 2 spiro atoms. The maximum absolute atomic E-state index is 11.4. The summed E-state index contributed by atoms with van der Waals surface area (Å²) >= 11 is 0. The summed E-state index contributed by atoms with van der Waals surface area (Å²) in [6, 6.07) is 0.231. The predicted molar refractivity (Wildman–Crippen MR) is 55.1 cm³/mol. The summed E-state index contributed by atoms with van der Waals surface area (Å²) in [6.45, 7) is 2.92. The third-order valence-corrected chi connectivity index (χ3v) is 5.12. The molecule has 1 aliphatic heterocycles. The molecule has 0 bridgehead atoms. The first kappa shape index (κ1) is 8.90. The third kappa shape index (κ3) is 0.881. The Morgan fingerprint density at radius 2 is 2.07 bits per heavy atom. The highest BCUT2D eigenvalue weighted by Gasteiger charge is 2.71. The van der Waals surface area contributed by atoms with Gasteiger partial charge in [-0.1, -0.05) is 6.42 Å². The van der Waals surface area contributed by atoms with Crippen LogP contribution in [0.2, 0.25) is 0 Å². The number of Topliss-reactive ketones (excluding diaryl/α,β-unsaturated/α-hetero) is 1. The molecule has 78 valence electrons. The summed E-state index contributed by atoms with van der Waals surface area (Å²) < 4.78 is 0. The highest BCUT2D eigenvalue weighted by atomic mass is 16.1. The Bertz CT molecular complexity index is 295. The number of likely N-dealkylation sites (tertiary alicyclic amines) is 1. The van der Waals surface area contributed by atoms with Crippen molar-refractivity contribution in [3.05, 3.63) is 0 Å². The molecule has 3 rings (SSSR count). The highest BCUT2D eigenvalue weighted by molar-refractivity contribution is 5.82. The Hall–Kier alpha value is -0.370. The summed E-state index contributed by atoms with van der Waals surface area (Å²) in [6.07, 6.45) is 6.86. The van der Waals surface area contributed by atoms with E-state index in [-0.39, 0.29) is 6.04 Å². The van der Waals surface area contributed by atoms with Crippen molar-refractivity contribution < 1.29 is 4.79 Å². The fourth-order valence-electron chi connectivity index (χ4n) is 4.06. The van der Waals surface area contributed by atoms with E-state index in [1.54, 1.807) is 6.92 Å². The van der Waals surface area contributed by atoms with Crippen molar-refractivity contribution in [3.8, 4) is 0 Å². The largest absolute Gasteiger partial charge is 0.298 e. The van der Waals surface area contributed by atoms with Crippen LogP contribution in [0.1, 0.15) is 39.0 Å². The molecule has 2 unspecified atom stereocenters. The van der Waals surface area contributed by atoms with E-state index in [1.165, 1.54) is 32.2 Å². The van der Waals surface area contributed by atoms with E-state index in [1.807, 2.05) is 0 Å². The van der Waals surface area contributed by atoms with E-state index in [0.717, 1.165) is 6.42 Å². The van der Waals surface area contributed by atoms with E-state index in [2.05, 4.69) is 11.9 Å². The van der Waals surface area contributed by atoms with Gasteiger partial charge >= 0.3 is 0 Å². The fourth-order valence-corrected chi connectivity index (χ4v) is 4.06. The molecular formula is C12H19NO. The number of ketones is 1. The number of nitrogens with zero attached hydrogens (tertiary/aromatic N) is 1. The predicted octanol–water partition coefficient (Wildman–Crippen LogP) is 1.84. The number of likely N-dealkylation sites (N-methyl/N-ethyl adjacent to an activating group) is 1. The van der Waals surface area contributed by atoms with Gasteiger partial charge in [-0.2, -0.15) is 0 Å². The molecule has 0 radical (unpaired) electrons. The van der Waals surface area contributed by atoms with Crippen molar-refractivity contribution in [1.29, 1.82) is 0 Å². The molecule has 0 aromatic rings. The van der Waals surface area contributed by atoms with Crippen LogP contribution in [0.4, 0.5) is 0 Å². The van der Waals surface area contributed by atoms with Crippen molar-refractivity contribution in [2.24, 2.45) is 10.8 Å². The second-order valence-corrected chi connectivity index (χ2v) is 5.84. The lowest BCUT2D eigenvalue weighted by Crippen LogP contribution is -2.31. The second-order valence-electron chi connectivity index (χ2n) is 5.84. The molecule has 2 atom stereocenters. The van der Waals surface area contributed by atoms with Gasteiger partial charge in [-0.3, -0.25) is 9.69 Å². The Balaban J connectivity index is 1.78. The van der Waals surface area contributed by atoms with Gasteiger partial charge in [-0.05, 0) is 50.5 Å². The third-order valence-electron chi connectivity index (χ3n) is 5.12. The van der Waals surface area contributed by atoms with Gasteiger partial charge < -0.3 is 0 Å². The Labute approximate surface area is 85.7 Å². The molecule has 1 heterocycles. The number of rotatable bonds is 1. The van der Waals surface area contributed by atoms with Crippen LogP contribution in [0.15, 0.2) is 0 Å². The minimum absolute atomic E-state index is 0.231. The minimum atomic E-state index is 0.231. The molecule has 3 fully saturated rings. The van der Waals surface area contributed by atoms with Gasteiger partial charge in [-0.25, -0.2) is 0 Å². The average Bonchev–Trinajstić information content (AvgIpc) is 2.56. The Kier molecular flexibility index (Phi) is 1.53. The molecule has 3 aliphatic rings. The van der Waals surface area contributed by atoms with E-state index in [4.69, 9.17) is 0 Å². The van der Waals surface area contributed by atoms with Crippen LogP contribution < -0.4 is 0 Å². The van der Waals surface area contributed by atoms with E-state index >= 15 is 0 Å². The van der Waals surface area contributed by atoms with Gasteiger partial charge in [-0.15, -0.1) is 0 Å². The van der Waals surface area contributed by atoms with Crippen molar-refractivity contribution in [2.75, 3.05) is 13.6 Å². The van der Waals surface area contributed by atoms with Crippen molar-refractivity contribution in [1.82, 2.24) is 4.90 Å². The summed E-state index contributed by atoms with van der Waals surface area (Å²) in [4.78, 5) is 13.7. The lowest BCUT2D eigenvalue weighted by Gasteiger charge is -2.30. The molecule has 0 amide bonds. The van der Waals surface area contributed by atoms with Crippen LogP contribution in [0.25, 0.3) is 0 Å². The lowest BCUT2D eigenvalue weighted by molar-refractivity contribution is -0.120. The molecule has 0 aromatic heterocycles. The Morgan fingerprint density at radius 3 is 2.43 bits per heavy atom. The van der Waals surface area contributed by atoms with Crippen LogP contribution in [0.5, 0.6) is 0 Å². The number of hydrogen-bond acceptors (Lipinski definition) is 2. The molecule has 2 nitrogen and oxygen atoms in total. The smallest absolute Gasteiger partial charge is 0.146 e. The summed E-state index contributed by atoms with van der Waals surface area (Å²) in [5, 5.41) is 0. The van der Waals surface area contributed by atoms with Gasteiger partial charge in [0.1, 0.15) is 5.78 Å². The topological polar surface area (TPSA) is 20.3 Å². The van der Waals surface area contributed by atoms with Gasteiger partial charge in [0.15, 0.2) is 0 Å². The lowest BCUT2D eigenvalue weighted by atomic mass is 9.74. The summed E-state index contributed by atoms with van der Waals surface area (Å²) in [7, 11) is 2.12. The fraction of sp³-hybridized carbons (Fsp3) is 0.917. The van der Waals surface area contributed by atoms with Gasteiger partial charge in [0.25, 0.3) is 0 Å². The zero-order chi connectivity index (χ0) is 9.97. The molecule has 2 heteroatoms. The first-order chi connectivity index (χ1) is 6.59. The average molecular weight is 193 g/mol. The molecule has 2 aliphatic carbocycles. The molecular weight excluding hydrogens is 174 g/mol. The number of hydrogen-bond donors (Lipinski definition) is 0. The summed E-state index contributed by atoms with van der Waals surface area (Å²) in [5.74, 6) is 0.366. The number of carbonyl (C=O) groups excluding carboxylic acids is 1. The summed E-state index contributed by atoms with van der Waals surface area (Å²) in [5.41, 5.74) is 1.27. The maximum Gasteiger partial charge on any atom is 0.146 e. The zero-order valence-electron chi connectivity index (χ0n) is 9.18. The van der Waals surface area contributed by atoms with Crippen LogP contribution in [-0.2, 0) is 4.79 Å². The van der Waals surface area contributed by atoms with Gasteiger partial charge in [0.05, 0.1) is 6.04 Å². The standard InChI is InChI=1S/C12H19NO/c1-9(14)10-6-12(8-13(10)2)7-11(12)4-3-5-11/h10H,3-8H2,1-2H3. The van der Waals surface area contributed by atoms with Gasteiger partial charge in [0.2, 0.25) is 0 Å². The molecule has 0 aromatic carbocycles. The molecule has 2 saturated carbocycles. The highest BCUT2D eigenvalue weighted by Crippen LogP contribution is 2.77. The maximum atomic E-state index is 11.4. The van der Waals surface area contributed by atoms with E-state index in [9.17, 15) is 4.79 Å². The van der Waals surface area contributed by atoms with Crippen LogP contribution >= 0.6 is 0 Å². The second kappa shape index (κ2) is 2.41. The van der Waals surface area contributed by atoms with Crippen molar-refractivity contribution in [3.63, 3.8) is 0 Å². The number of carbonyl (C=O) groups is 1. The van der Waals surface area contributed by atoms with E-state index < -0.39 is 0 Å². The van der Waals surface area contributed by atoms with Crippen LogP contribution in [-0.4, -0.2) is 30.3 Å². The first-order valence-electron chi connectivity index (χ1n) is 5.79.